The third-order valence-corrected chi connectivity index (χ3v) is 1.92. The third kappa shape index (κ3) is 10.3. The summed E-state index contributed by atoms with van der Waals surface area (Å²) in [5.74, 6) is 0. The third-order valence-electron chi connectivity index (χ3n) is 1.47. The Hall–Kier alpha value is 0.310. The Morgan fingerprint density at radius 1 is 1.27 bits per heavy atom. The molecule has 0 aliphatic rings. The average molecular weight is 179 g/mol. The highest BCUT2D eigenvalue weighted by Gasteiger charge is 1.95. The Balaban J connectivity index is 2.80. The van der Waals surface area contributed by atoms with Crippen LogP contribution in [0, 0.1) is 0 Å². The Kier molecular flexibility index (Phi) is 8.64. The molecule has 0 bridgehead atoms. The van der Waals surface area contributed by atoms with Crippen LogP contribution in [0.2, 0.25) is 0 Å². The minimum atomic E-state index is -1.62. The van der Waals surface area contributed by atoms with Crippen molar-refractivity contribution in [2.75, 3.05) is 6.61 Å². The van der Waals surface area contributed by atoms with E-state index in [4.69, 9.17) is 14.9 Å². The van der Waals surface area contributed by atoms with Crippen LogP contribution < -0.4 is 5.50 Å². The maximum Gasteiger partial charge on any atom is 0.250 e. The molecule has 0 heterocycles. The summed E-state index contributed by atoms with van der Waals surface area (Å²) < 4.78 is 4.82. The molecule has 0 aromatic rings. The summed E-state index contributed by atoms with van der Waals surface area (Å²) in [6.07, 6.45) is 5.99. The first-order valence-corrected chi connectivity index (χ1v) is 5.42. The van der Waals surface area contributed by atoms with Gasteiger partial charge in [-0.3, -0.25) is 5.50 Å². The van der Waals surface area contributed by atoms with E-state index in [1.807, 2.05) is 0 Å². The molecule has 0 radical (unpaired) electrons. The second-order valence-electron chi connectivity index (χ2n) is 2.55. The van der Waals surface area contributed by atoms with Crippen molar-refractivity contribution in [3.05, 3.63) is 0 Å². The first-order chi connectivity index (χ1) is 5.27. The Bertz CT molecular complexity index is 80.8. The van der Waals surface area contributed by atoms with Crippen LogP contribution in [-0.2, 0) is 4.52 Å². The molecule has 0 aliphatic heterocycles. The summed E-state index contributed by atoms with van der Waals surface area (Å²) in [6.45, 7) is 2.78. The van der Waals surface area contributed by atoms with E-state index in [0.717, 1.165) is 6.42 Å². The molecule has 68 valence electrons. The van der Waals surface area contributed by atoms with Gasteiger partial charge in [0.1, 0.15) is 0 Å². The lowest BCUT2D eigenvalue weighted by Crippen LogP contribution is -1.95. The smallest absolute Gasteiger partial charge is 0.250 e. The van der Waals surface area contributed by atoms with Crippen molar-refractivity contribution in [1.82, 2.24) is 0 Å². The molecule has 4 heteroatoms. The van der Waals surface area contributed by atoms with Crippen LogP contribution in [0.15, 0.2) is 0 Å². The molecule has 3 N–H and O–H groups in total. The zero-order valence-electron chi connectivity index (χ0n) is 7.12. The fraction of sp³-hybridized carbons (Fsp3) is 1.00. The maximum atomic E-state index is 8.58. The molecule has 0 fully saturated rings. The number of rotatable bonds is 7. The van der Waals surface area contributed by atoms with E-state index >= 15 is 0 Å². The van der Waals surface area contributed by atoms with Crippen molar-refractivity contribution in [1.29, 1.82) is 0 Å². The van der Waals surface area contributed by atoms with Crippen LogP contribution in [0.3, 0.4) is 0 Å². The van der Waals surface area contributed by atoms with Gasteiger partial charge in [0.25, 0.3) is 0 Å². The predicted octanol–water partition coefficient (Wildman–Crippen LogP) is 2.15. The fourth-order valence-corrected chi connectivity index (χ4v) is 1.18. The summed E-state index contributed by atoms with van der Waals surface area (Å²) in [7, 11) is -1.62. The highest BCUT2D eigenvalue weighted by molar-refractivity contribution is 7.43. The van der Waals surface area contributed by atoms with Crippen LogP contribution >= 0.6 is 8.53 Å². The summed E-state index contributed by atoms with van der Waals surface area (Å²) in [5, 5.41) is 0. The van der Waals surface area contributed by atoms with Gasteiger partial charge in [0, 0.05) is 0 Å². The highest BCUT2D eigenvalue weighted by Crippen LogP contribution is 2.19. The van der Waals surface area contributed by atoms with Crippen LogP contribution in [0.1, 0.15) is 39.0 Å². The lowest BCUT2D eigenvalue weighted by Gasteiger charge is -2.03. The van der Waals surface area contributed by atoms with Crippen LogP contribution in [0.4, 0.5) is 0 Å². The van der Waals surface area contributed by atoms with Crippen molar-refractivity contribution in [2.24, 2.45) is 5.50 Å². The molecular formula is C7H18NO2P. The van der Waals surface area contributed by atoms with E-state index in [-0.39, 0.29) is 0 Å². The molecule has 0 spiro atoms. The standard InChI is InChI=1S/C7H18NO2P/c1-2-3-4-5-6-7-10-11(8)9/h9H,2-8H2,1H3. The van der Waals surface area contributed by atoms with Crippen molar-refractivity contribution in [3.8, 4) is 0 Å². The first-order valence-electron chi connectivity index (χ1n) is 4.14. The van der Waals surface area contributed by atoms with Crippen molar-refractivity contribution >= 4 is 8.53 Å². The topological polar surface area (TPSA) is 55.5 Å². The number of unbranched alkanes of at least 4 members (excludes halogenated alkanes) is 4. The summed E-state index contributed by atoms with van der Waals surface area (Å²) in [6, 6.07) is 0. The SMILES string of the molecule is CCCCCCCOP(N)O. The van der Waals surface area contributed by atoms with Gasteiger partial charge in [-0.05, 0) is 6.42 Å². The normalized spacial score (nSPS) is 13.4. The molecule has 1 unspecified atom stereocenters. The van der Waals surface area contributed by atoms with Gasteiger partial charge in [-0.15, -0.1) is 0 Å². The quantitative estimate of drug-likeness (QED) is 0.465. The Morgan fingerprint density at radius 2 is 1.91 bits per heavy atom. The summed E-state index contributed by atoms with van der Waals surface area (Å²) in [4.78, 5) is 8.58. The second kappa shape index (κ2) is 8.41. The molecule has 0 aromatic heterocycles. The molecule has 0 saturated carbocycles. The summed E-state index contributed by atoms with van der Waals surface area (Å²) in [5.41, 5.74) is 5.03. The molecule has 0 amide bonds. The minimum Gasteiger partial charge on any atom is -0.338 e. The van der Waals surface area contributed by atoms with E-state index < -0.39 is 8.53 Å². The van der Waals surface area contributed by atoms with E-state index in [1.165, 1.54) is 25.7 Å². The molecule has 0 aliphatic carbocycles. The van der Waals surface area contributed by atoms with E-state index in [0.29, 0.717) is 6.61 Å². The number of nitrogens with two attached hydrogens (primary N) is 1. The molecule has 3 nitrogen and oxygen atoms in total. The van der Waals surface area contributed by atoms with Crippen LogP contribution in [0.5, 0.6) is 0 Å². The zero-order chi connectivity index (χ0) is 8.53. The highest BCUT2D eigenvalue weighted by atomic mass is 31.2. The van der Waals surface area contributed by atoms with Gasteiger partial charge in [0.2, 0.25) is 8.53 Å². The number of hydrogen-bond donors (Lipinski definition) is 2. The van der Waals surface area contributed by atoms with Gasteiger partial charge in [0.05, 0.1) is 6.61 Å². The average Bonchev–Trinajstić information content (AvgIpc) is 1.96. The predicted molar refractivity (Wildman–Crippen MR) is 48.0 cm³/mol. The van der Waals surface area contributed by atoms with E-state index in [1.54, 1.807) is 0 Å². The van der Waals surface area contributed by atoms with E-state index in [9.17, 15) is 0 Å². The molecule has 11 heavy (non-hydrogen) atoms. The van der Waals surface area contributed by atoms with Crippen LogP contribution in [-0.4, -0.2) is 11.5 Å². The van der Waals surface area contributed by atoms with Gasteiger partial charge in [-0.1, -0.05) is 32.6 Å². The van der Waals surface area contributed by atoms with Gasteiger partial charge in [-0.25, -0.2) is 0 Å². The first kappa shape index (κ1) is 11.3. The van der Waals surface area contributed by atoms with Crippen molar-refractivity contribution in [2.45, 2.75) is 39.0 Å². The van der Waals surface area contributed by atoms with Gasteiger partial charge >= 0.3 is 0 Å². The Morgan fingerprint density at radius 3 is 2.45 bits per heavy atom. The lowest BCUT2D eigenvalue weighted by molar-refractivity contribution is 0.299. The molecule has 0 aromatic carbocycles. The van der Waals surface area contributed by atoms with Crippen molar-refractivity contribution in [3.63, 3.8) is 0 Å². The molecular weight excluding hydrogens is 161 g/mol. The van der Waals surface area contributed by atoms with Gasteiger partial charge in [0.15, 0.2) is 0 Å². The Labute approximate surface area is 69.9 Å². The second-order valence-corrected chi connectivity index (χ2v) is 3.41. The van der Waals surface area contributed by atoms with Gasteiger partial charge in [-0.2, -0.15) is 0 Å². The monoisotopic (exact) mass is 179 g/mol. The lowest BCUT2D eigenvalue weighted by atomic mass is 10.2. The molecule has 0 rings (SSSR count). The molecule has 1 atom stereocenters. The van der Waals surface area contributed by atoms with Crippen LogP contribution in [0.25, 0.3) is 0 Å². The largest absolute Gasteiger partial charge is 0.338 e. The van der Waals surface area contributed by atoms with E-state index in [2.05, 4.69) is 6.92 Å². The number of hydrogen-bond acceptors (Lipinski definition) is 3. The van der Waals surface area contributed by atoms with Gasteiger partial charge < -0.3 is 9.42 Å². The van der Waals surface area contributed by atoms with Crippen molar-refractivity contribution < 1.29 is 9.42 Å². The minimum absolute atomic E-state index is 0.600. The summed E-state index contributed by atoms with van der Waals surface area (Å²) >= 11 is 0. The maximum absolute atomic E-state index is 8.58. The zero-order valence-corrected chi connectivity index (χ0v) is 8.02. The fourth-order valence-electron chi connectivity index (χ4n) is 0.864. The molecule has 0 saturated heterocycles.